The van der Waals surface area contributed by atoms with Gasteiger partial charge in [0.25, 0.3) is 0 Å². The molecule has 1 atom stereocenters. The van der Waals surface area contributed by atoms with E-state index in [9.17, 15) is 14.4 Å². The van der Waals surface area contributed by atoms with Crippen LogP contribution in [0.25, 0.3) is 0 Å². The van der Waals surface area contributed by atoms with Gasteiger partial charge >= 0.3 is 11.9 Å². The summed E-state index contributed by atoms with van der Waals surface area (Å²) in [6, 6.07) is -0.721. The number of likely N-dealkylation sites (N-methyl/N-ethyl adjacent to an activating group) is 1. The molecule has 0 aromatic rings. The summed E-state index contributed by atoms with van der Waals surface area (Å²) in [7, 11) is 0. The lowest BCUT2D eigenvalue weighted by molar-refractivity contribution is -0.165. The second-order valence-corrected chi connectivity index (χ2v) is 5.19. The molecule has 0 spiro atoms. The van der Waals surface area contributed by atoms with Crippen LogP contribution >= 0.6 is 12.4 Å². The Labute approximate surface area is 130 Å². The molecular formula is C13H24ClN3O4. The molecule has 0 unspecified atom stereocenters. The number of carbonyl (C=O) groups is 3. The molecule has 1 amide bonds. The van der Waals surface area contributed by atoms with Crippen molar-refractivity contribution in [3.8, 4) is 0 Å². The van der Waals surface area contributed by atoms with Gasteiger partial charge in [-0.25, -0.2) is 9.59 Å². The number of rotatable bonds is 7. The molecule has 1 fully saturated rings. The van der Waals surface area contributed by atoms with Crippen LogP contribution in [-0.4, -0.2) is 36.0 Å². The maximum atomic E-state index is 11.9. The van der Waals surface area contributed by atoms with E-state index in [1.165, 1.54) is 0 Å². The van der Waals surface area contributed by atoms with Gasteiger partial charge in [-0.1, -0.05) is 19.8 Å². The van der Waals surface area contributed by atoms with Crippen LogP contribution in [0.2, 0.25) is 0 Å². The van der Waals surface area contributed by atoms with Crippen LogP contribution in [0.15, 0.2) is 0 Å². The molecule has 0 aliphatic heterocycles. The highest BCUT2D eigenvalue weighted by molar-refractivity contribution is 5.93. The van der Waals surface area contributed by atoms with Gasteiger partial charge in [-0.2, -0.15) is 0 Å². The minimum Gasteiger partial charge on any atom is -0.391 e. The second kappa shape index (κ2) is 8.96. The van der Waals surface area contributed by atoms with Gasteiger partial charge < -0.3 is 21.5 Å². The van der Waals surface area contributed by atoms with Crippen molar-refractivity contribution >= 4 is 30.3 Å². The normalized spacial score (nSPS) is 17.6. The van der Waals surface area contributed by atoms with Crippen molar-refractivity contribution < 1.29 is 19.1 Å². The smallest absolute Gasteiger partial charge is 0.333 e. The van der Waals surface area contributed by atoms with Crippen LogP contribution in [0.4, 0.5) is 0 Å². The highest BCUT2D eigenvalue weighted by Crippen LogP contribution is 2.28. The van der Waals surface area contributed by atoms with Gasteiger partial charge in [0, 0.05) is 6.42 Å². The summed E-state index contributed by atoms with van der Waals surface area (Å²) in [5.74, 6) is -1.88. The number of esters is 2. The first-order chi connectivity index (χ1) is 9.39. The SMILES string of the molecule is CCN[C@@H](CCC(N)=O)C(=O)OC(=O)C1(N)CCCC1.Cl. The molecule has 1 saturated carbocycles. The lowest BCUT2D eigenvalue weighted by Gasteiger charge is -2.22. The predicted molar refractivity (Wildman–Crippen MR) is 79.6 cm³/mol. The highest BCUT2D eigenvalue weighted by atomic mass is 35.5. The van der Waals surface area contributed by atoms with E-state index in [0.717, 1.165) is 12.8 Å². The van der Waals surface area contributed by atoms with E-state index in [0.29, 0.717) is 19.4 Å². The zero-order valence-electron chi connectivity index (χ0n) is 12.2. The molecule has 1 aliphatic carbocycles. The monoisotopic (exact) mass is 321 g/mol. The zero-order valence-corrected chi connectivity index (χ0v) is 13.0. The van der Waals surface area contributed by atoms with E-state index >= 15 is 0 Å². The lowest BCUT2D eigenvalue weighted by atomic mass is 10.00. The first-order valence-electron chi connectivity index (χ1n) is 6.95. The fourth-order valence-electron chi connectivity index (χ4n) is 2.31. The molecule has 1 aliphatic rings. The van der Waals surface area contributed by atoms with E-state index in [1.54, 1.807) is 0 Å². The molecule has 1 rings (SSSR count). The van der Waals surface area contributed by atoms with Crippen LogP contribution in [0.1, 0.15) is 45.4 Å². The quantitative estimate of drug-likeness (QED) is 0.447. The van der Waals surface area contributed by atoms with E-state index in [4.69, 9.17) is 16.2 Å². The van der Waals surface area contributed by atoms with Crippen molar-refractivity contribution in [3.63, 3.8) is 0 Å². The van der Waals surface area contributed by atoms with E-state index in [-0.39, 0.29) is 25.2 Å². The number of amides is 1. The van der Waals surface area contributed by atoms with Crippen LogP contribution < -0.4 is 16.8 Å². The summed E-state index contributed by atoms with van der Waals surface area (Å²) in [5.41, 5.74) is 9.93. The van der Waals surface area contributed by atoms with E-state index in [2.05, 4.69) is 5.32 Å². The zero-order chi connectivity index (χ0) is 15.2. The Balaban J connectivity index is 0.00000400. The Morgan fingerprint density at radius 3 is 2.33 bits per heavy atom. The third-order valence-corrected chi connectivity index (χ3v) is 3.51. The Bertz CT molecular complexity index is 384. The summed E-state index contributed by atoms with van der Waals surface area (Å²) in [4.78, 5) is 34.6. The fraction of sp³-hybridized carbons (Fsp3) is 0.769. The molecule has 0 radical (unpaired) electrons. The summed E-state index contributed by atoms with van der Waals surface area (Å²) >= 11 is 0. The average Bonchev–Trinajstić information content (AvgIpc) is 2.82. The maximum absolute atomic E-state index is 11.9. The number of ether oxygens (including phenoxy) is 1. The maximum Gasteiger partial charge on any atom is 0.333 e. The van der Waals surface area contributed by atoms with E-state index in [1.807, 2.05) is 6.92 Å². The Morgan fingerprint density at radius 2 is 1.86 bits per heavy atom. The van der Waals surface area contributed by atoms with Gasteiger partial charge in [0.1, 0.15) is 11.6 Å². The van der Waals surface area contributed by atoms with E-state index < -0.39 is 29.4 Å². The molecular weight excluding hydrogens is 298 g/mol. The average molecular weight is 322 g/mol. The number of primary amides is 1. The molecule has 5 N–H and O–H groups in total. The molecule has 0 saturated heterocycles. The van der Waals surface area contributed by atoms with Gasteiger partial charge in [0.2, 0.25) is 5.91 Å². The molecule has 0 bridgehead atoms. The molecule has 8 heteroatoms. The van der Waals surface area contributed by atoms with Gasteiger partial charge in [0.15, 0.2) is 0 Å². The predicted octanol–water partition coefficient (Wildman–Crippen LogP) is -0.00690. The number of carbonyl (C=O) groups excluding carboxylic acids is 3. The topological polar surface area (TPSA) is 125 Å². The summed E-state index contributed by atoms with van der Waals surface area (Å²) in [6.07, 6.45) is 3.04. The Hall–Kier alpha value is -1.18. The van der Waals surface area contributed by atoms with Crippen LogP contribution in [0.3, 0.4) is 0 Å². The van der Waals surface area contributed by atoms with Crippen molar-refractivity contribution in [2.24, 2.45) is 11.5 Å². The molecule has 21 heavy (non-hydrogen) atoms. The molecule has 0 heterocycles. The minimum atomic E-state index is -1.05. The van der Waals surface area contributed by atoms with Crippen LogP contribution in [-0.2, 0) is 19.1 Å². The van der Waals surface area contributed by atoms with Crippen molar-refractivity contribution in [1.82, 2.24) is 5.32 Å². The third-order valence-electron chi connectivity index (χ3n) is 3.51. The molecule has 122 valence electrons. The van der Waals surface area contributed by atoms with Crippen molar-refractivity contribution in [2.75, 3.05) is 6.54 Å². The molecule has 0 aromatic carbocycles. The summed E-state index contributed by atoms with van der Waals surface area (Å²) in [5, 5.41) is 2.87. The first-order valence-corrected chi connectivity index (χ1v) is 6.95. The Kier molecular flexibility index (Phi) is 8.46. The number of hydrogen-bond donors (Lipinski definition) is 3. The van der Waals surface area contributed by atoms with Crippen LogP contribution in [0, 0.1) is 0 Å². The number of nitrogens with one attached hydrogen (secondary N) is 1. The fourth-order valence-corrected chi connectivity index (χ4v) is 2.31. The largest absolute Gasteiger partial charge is 0.391 e. The Morgan fingerprint density at radius 1 is 1.29 bits per heavy atom. The van der Waals surface area contributed by atoms with Crippen molar-refractivity contribution in [3.05, 3.63) is 0 Å². The van der Waals surface area contributed by atoms with Crippen molar-refractivity contribution in [1.29, 1.82) is 0 Å². The lowest BCUT2D eigenvalue weighted by Crippen LogP contribution is -2.49. The first kappa shape index (κ1) is 19.8. The summed E-state index contributed by atoms with van der Waals surface area (Å²) < 4.78 is 4.87. The van der Waals surface area contributed by atoms with Gasteiger partial charge in [-0.15, -0.1) is 12.4 Å². The van der Waals surface area contributed by atoms with Gasteiger partial charge in [-0.3, -0.25) is 4.79 Å². The number of hydrogen-bond acceptors (Lipinski definition) is 6. The van der Waals surface area contributed by atoms with Gasteiger partial charge in [0.05, 0.1) is 0 Å². The standard InChI is InChI=1S/C13H23N3O4.ClH/c1-2-16-9(5-6-10(14)17)11(18)20-12(19)13(15)7-3-4-8-13;/h9,16H,2-8,15H2,1H3,(H2,14,17);1H/t9-;/m0./s1. The molecule has 7 nitrogen and oxygen atoms in total. The highest BCUT2D eigenvalue weighted by Gasteiger charge is 2.40. The second-order valence-electron chi connectivity index (χ2n) is 5.19. The summed E-state index contributed by atoms with van der Waals surface area (Å²) in [6.45, 7) is 2.33. The van der Waals surface area contributed by atoms with Crippen LogP contribution in [0.5, 0.6) is 0 Å². The number of halogens is 1. The third kappa shape index (κ3) is 5.99. The molecule has 0 aromatic heterocycles. The van der Waals surface area contributed by atoms with Crippen molar-refractivity contribution in [2.45, 2.75) is 57.0 Å². The minimum absolute atomic E-state index is 0. The van der Waals surface area contributed by atoms with Gasteiger partial charge in [-0.05, 0) is 25.8 Å². The number of nitrogens with two attached hydrogens (primary N) is 2.